The summed E-state index contributed by atoms with van der Waals surface area (Å²) in [5, 5.41) is -1.52. The highest BCUT2D eigenvalue weighted by Gasteiger charge is 2.34. The molecule has 7 nitrogen and oxygen atoms in total. The highest BCUT2D eigenvalue weighted by atomic mass is 35.5. The molecule has 0 saturated carbocycles. The van der Waals surface area contributed by atoms with Crippen LogP contribution in [0.2, 0.25) is 0 Å². The first-order valence-corrected chi connectivity index (χ1v) is 16.0. The first-order chi connectivity index (χ1) is 15.3. The van der Waals surface area contributed by atoms with E-state index < -0.39 is 20.8 Å². The van der Waals surface area contributed by atoms with Crippen LogP contribution >= 0.6 is 61.8 Å². The van der Waals surface area contributed by atoms with Crippen LogP contribution in [0.1, 0.15) is 67.2 Å². The third-order valence-electron chi connectivity index (χ3n) is 4.49. The number of halogens is 4. The van der Waals surface area contributed by atoms with E-state index in [9.17, 15) is 9.13 Å². The van der Waals surface area contributed by atoms with Crippen molar-refractivity contribution in [2.24, 2.45) is 0 Å². The predicted molar refractivity (Wildman–Crippen MR) is 138 cm³/mol. The summed E-state index contributed by atoms with van der Waals surface area (Å²) in [6, 6.07) is 0. The average Bonchev–Trinajstić information content (AvgIpc) is 2.79. The van der Waals surface area contributed by atoms with Gasteiger partial charge in [-0.05, 0) is 39.5 Å². The van der Waals surface area contributed by atoms with E-state index in [1.54, 1.807) is 0 Å². The summed E-state index contributed by atoms with van der Waals surface area (Å²) < 4.78 is 54.1. The lowest BCUT2D eigenvalue weighted by atomic mass is 10.4. The van der Waals surface area contributed by atoms with Gasteiger partial charge in [0.25, 0.3) is 0 Å². The minimum absolute atomic E-state index is 0.0253. The number of hydrogen-bond donors (Lipinski definition) is 0. The molecule has 0 aromatic heterocycles. The van der Waals surface area contributed by atoms with E-state index in [1.165, 1.54) is 13.8 Å². The second kappa shape index (κ2) is 17.3. The number of phosphoric ester groups is 1. The fraction of sp³-hybridized carbons (Fsp3) is 0.900. The molecule has 13 heteroatoms. The van der Waals surface area contributed by atoms with Crippen LogP contribution in [0.25, 0.3) is 0 Å². The molecule has 0 bridgehead atoms. The SMILES string of the molecule is CCC(Cl)COP(=O)(CC(Cl)CC)OC(C)=C(C)OP(=O)(OCC(Cl)CC)OCC(Cl)CC. The van der Waals surface area contributed by atoms with Crippen LogP contribution in [-0.4, -0.2) is 47.5 Å². The van der Waals surface area contributed by atoms with Crippen LogP contribution in [0.5, 0.6) is 0 Å². The van der Waals surface area contributed by atoms with Crippen molar-refractivity contribution in [3.63, 3.8) is 0 Å². The Hall–Kier alpha value is 0.840. The van der Waals surface area contributed by atoms with Crippen molar-refractivity contribution in [1.82, 2.24) is 0 Å². The Bertz CT molecular complexity index is 663. The molecule has 0 aromatic carbocycles. The van der Waals surface area contributed by atoms with Gasteiger partial charge in [-0.3, -0.25) is 13.6 Å². The molecule has 0 aromatic rings. The largest absolute Gasteiger partial charge is 0.529 e. The van der Waals surface area contributed by atoms with Gasteiger partial charge < -0.3 is 9.05 Å². The molecule has 5 atom stereocenters. The standard InChI is InChI=1S/C20H38Cl4O7P2/c1-7-17(21)11-27-32(25,14-20(24)10-4)30-15(5)16(6)31-33(26,28-12-18(22)8-2)29-13-19(23)9-3/h17-20H,7-14H2,1-6H3. The zero-order valence-electron chi connectivity index (χ0n) is 20.2. The molecular formula is C20H38Cl4O7P2. The molecule has 0 heterocycles. The second-order valence-electron chi connectivity index (χ2n) is 7.45. The molecule has 0 N–H and O–H groups in total. The van der Waals surface area contributed by atoms with Gasteiger partial charge in [0.05, 0.1) is 42.1 Å². The van der Waals surface area contributed by atoms with E-state index in [1.807, 2.05) is 27.7 Å². The molecule has 0 aliphatic heterocycles. The third-order valence-corrected chi connectivity index (χ3v) is 9.89. The summed E-state index contributed by atoms with van der Waals surface area (Å²) in [5.41, 5.74) is 0. The maximum Gasteiger partial charge on any atom is 0.529 e. The molecule has 0 amide bonds. The molecule has 198 valence electrons. The topological polar surface area (TPSA) is 80.3 Å². The first-order valence-electron chi connectivity index (χ1n) is 11.1. The number of rotatable bonds is 19. The number of alkyl halides is 4. The Balaban J connectivity index is 5.61. The quantitative estimate of drug-likeness (QED) is 0.0841. The van der Waals surface area contributed by atoms with Crippen molar-refractivity contribution in [1.29, 1.82) is 0 Å². The fourth-order valence-corrected chi connectivity index (χ4v) is 6.23. The zero-order valence-corrected chi connectivity index (χ0v) is 25.0. The minimum atomic E-state index is -4.08. The van der Waals surface area contributed by atoms with E-state index >= 15 is 0 Å². The molecule has 0 aliphatic carbocycles. The summed E-state index contributed by atoms with van der Waals surface area (Å²) in [5.74, 6) is 0.136. The Morgan fingerprint density at radius 2 is 1.00 bits per heavy atom. The van der Waals surface area contributed by atoms with Gasteiger partial charge in [0.15, 0.2) is 0 Å². The van der Waals surface area contributed by atoms with Crippen LogP contribution in [0, 0.1) is 0 Å². The molecule has 33 heavy (non-hydrogen) atoms. The van der Waals surface area contributed by atoms with Gasteiger partial charge in [0.2, 0.25) is 0 Å². The van der Waals surface area contributed by atoms with E-state index in [4.69, 9.17) is 69.0 Å². The molecule has 0 rings (SSSR count). The highest BCUT2D eigenvalue weighted by molar-refractivity contribution is 7.54. The third kappa shape index (κ3) is 14.9. The monoisotopic (exact) mass is 592 g/mol. The lowest BCUT2D eigenvalue weighted by Gasteiger charge is -2.25. The van der Waals surface area contributed by atoms with E-state index in [-0.39, 0.29) is 53.6 Å². The second-order valence-corrected chi connectivity index (χ2v) is 13.5. The van der Waals surface area contributed by atoms with E-state index in [2.05, 4.69) is 0 Å². The molecule has 0 spiro atoms. The zero-order chi connectivity index (χ0) is 25.7. The lowest BCUT2D eigenvalue weighted by molar-refractivity contribution is 0.130. The molecule has 5 unspecified atom stereocenters. The van der Waals surface area contributed by atoms with E-state index in [0.29, 0.717) is 25.7 Å². The summed E-state index contributed by atoms with van der Waals surface area (Å²) in [6.45, 7) is 10.4. The van der Waals surface area contributed by atoms with E-state index in [0.717, 1.165) is 0 Å². The average molecular weight is 594 g/mol. The number of phosphoric acid groups is 1. The molecule has 0 fully saturated rings. The molecule has 0 radical (unpaired) electrons. The van der Waals surface area contributed by atoms with Gasteiger partial charge in [-0.1, -0.05) is 27.7 Å². The summed E-state index contributed by atoms with van der Waals surface area (Å²) in [4.78, 5) is 0. The Morgan fingerprint density at radius 3 is 1.39 bits per heavy atom. The van der Waals surface area contributed by atoms with Crippen molar-refractivity contribution in [2.45, 2.75) is 88.7 Å². The van der Waals surface area contributed by atoms with Gasteiger partial charge in [-0.15, -0.1) is 46.4 Å². The van der Waals surface area contributed by atoms with Crippen molar-refractivity contribution in [3.05, 3.63) is 11.5 Å². The minimum Gasteiger partial charge on any atom is -0.426 e. The molecule has 0 saturated heterocycles. The van der Waals surface area contributed by atoms with Crippen LogP contribution in [0.4, 0.5) is 0 Å². The number of hydrogen-bond acceptors (Lipinski definition) is 7. The van der Waals surface area contributed by atoms with Crippen molar-refractivity contribution in [3.8, 4) is 0 Å². The van der Waals surface area contributed by atoms with Crippen molar-refractivity contribution in [2.75, 3.05) is 26.0 Å². The summed E-state index contributed by atoms with van der Waals surface area (Å²) in [7, 11) is -7.76. The van der Waals surface area contributed by atoms with Gasteiger partial charge >= 0.3 is 15.4 Å². The normalized spacial score (nSPS) is 20.1. The summed E-state index contributed by atoms with van der Waals surface area (Å²) in [6.07, 6.45) is 2.38. The molecular weight excluding hydrogens is 556 g/mol. The van der Waals surface area contributed by atoms with Crippen LogP contribution in [0.3, 0.4) is 0 Å². The van der Waals surface area contributed by atoms with Crippen molar-refractivity contribution >= 4 is 61.8 Å². The fourth-order valence-electron chi connectivity index (χ4n) is 1.98. The van der Waals surface area contributed by atoms with Gasteiger partial charge in [-0.2, -0.15) is 0 Å². The highest BCUT2D eigenvalue weighted by Crippen LogP contribution is 2.55. The maximum absolute atomic E-state index is 13.3. The lowest BCUT2D eigenvalue weighted by Crippen LogP contribution is -2.14. The number of allylic oxidation sites excluding steroid dienone is 2. The van der Waals surface area contributed by atoms with Crippen LogP contribution in [-0.2, 0) is 31.7 Å². The first kappa shape index (κ1) is 33.8. The van der Waals surface area contributed by atoms with Crippen molar-refractivity contribution < 1.29 is 31.7 Å². The smallest absolute Gasteiger partial charge is 0.426 e. The Labute approximate surface area is 219 Å². The Morgan fingerprint density at radius 1 is 0.636 bits per heavy atom. The Kier molecular flexibility index (Phi) is 17.8. The molecule has 0 aliphatic rings. The predicted octanol–water partition coefficient (Wildman–Crippen LogP) is 8.69. The van der Waals surface area contributed by atoms with Gasteiger partial charge in [0, 0.05) is 5.38 Å². The van der Waals surface area contributed by atoms with Crippen LogP contribution < -0.4 is 0 Å². The van der Waals surface area contributed by atoms with Gasteiger partial charge in [0.1, 0.15) is 11.5 Å². The van der Waals surface area contributed by atoms with Crippen LogP contribution in [0.15, 0.2) is 11.5 Å². The van der Waals surface area contributed by atoms with Gasteiger partial charge in [-0.25, -0.2) is 9.13 Å². The summed E-state index contributed by atoms with van der Waals surface area (Å²) >= 11 is 24.5. The maximum atomic E-state index is 13.3.